The molecule has 1 atom stereocenters. The molecule has 4 aromatic rings. The molecule has 1 aromatic heterocycles. The van der Waals surface area contributed by atoms with E-state index in [1.807, 2.05) is 42.5 Å². The molecule has 2 heterocycles. The van der Waals surface area contributed by atoms with Crippen LogP contribution in [-0.2, 0) is 0 Å². The van der Waals surface area contributed by atoms with E-state index in [2.05, 4.69) is 46.3 Å². The molecule has 0 saturated carbocycles. The van der Waals surface area contributed by atoms with Gasteiger partial charge >= 0.3 is 0 Å². The van der Waals surface area contributed by atoms with Crippen LogP contribution in [-0.4, -0.2) is 49.6 Å². The van der Waals surface area contributed by atoms with Crippen molar-refractivity contribution in [2.24, 2.45) is 0 Å². The van der Waals surface area contributed by atoms with E-state index in [1.165, 1.54) is 17.5 Å². The van der Waals surface area contributed by atoms with Crippen LogP contribution in [0.25, 0.3) is 0 Å². The van der Waals surface area contributed by atoms with Crippen LogP contribution < -0.4 is 15.1 Å². The Kier molecular flexibility index (Phi) is 8.08. The lowest BCUT2D eigenvalue weighted by Gasteiger charge is -2.38. The zero-order valence-corrected chi connectivity index (χ0v) is 22.0. The van der Waals surface area contributed by atoms with Crippen molar-refractivity contribution in [1.82, 2.24) is 0 Å². The predicted molar refractivity (Wildman–Crippen MR) is 154 cm³/mol. The molecule has 1 fully saturated rings. The number of hydrogen-bond acceptors (Lipinski definition) is 6. The van der Waals surface area contributed by atoms with Gasteiger partial charge in [-0.3, -0.25) is 9.59 Å². The van der Waals surface area contributed by atoms with E-state index in [4.69, 9.17) is 4.42 Å². The number of aliphatic hydroxyl groups is 1. The van der Waals surface area contributed by atoms with Crippen molar-refractivity contribution >= 4 is 28.8 Å². The van der Waals surface area contributed by atoms with Crippen LogP contribution in [0.3, 0.4) is 0 Å². The van der Waals surface area contributed by atoms with Crippen LogP contribution in [0.2, 0.25) is 0 Å². The molecule has 5 rings (SSSR count). The second kappa shape index (κ2) is 12.0. The Labute approximate surface area is 228 Å². The first-order chi connectivity index (χ1) is 19.0. The van der Waals surface area contributed by atoms with Gasteiger partial charge in [0.25, 0.3) is 5.91 Å². The quantitative estimate of drug-likeness (QED) is 0.281. The summed E-state index contributed by atoms with van der Waals surface area (Å²) in [5.74, 6) is -0.565. The third-order valence-electron chi connectivity index (χ3n) is 7.31. The Balaban J connectivity index is 1.37. The fraction of sp³-hybridized carbons (Fsp3) is 0.250. The number of para-hydroxylation sites is 1. The summed E-state index contributed by atoms with van der Waals surface area (Å²) in [5.41, 5.74) is 5.31. The smallest absolute Gasteiger partial charge is 0.291 e. The van der Waals surface area contributed by atoms with Crippen LogP contribution in [0.1, 0.15) is 44.4 Å². The number of ketones is 1. The summed E-state index contributed by atoms with van der Waals surface area (Å²) < 4.78 is 5.29. The summed E-state index contributed by atoms with van der Waals surface area (Å²) in [4.78, 5) is 30.9. The molecule has 7 nitrogen and oxygen atoms in total. The van der Waals surface area contributed by atoms with Crippen molar-refractivity contribution in [3.63, 3.8) is 0 Å². The van der Waals surface area contributed by atoms with Crippen LogP contribution in [0, 0.1) is 6.92 Å². The molecule has 0 radical (unpaired) electrons. The fourth-order valence-corrected chi connectivity index (χ4v) is 5.14. The number of piperazine rings is 1. The van der Waals surface area contributed by atoms with Gasteiger partial charge in [0.1, 0.15) is 0 Å². The van der Waals surface area contributed by atoms with Gasteiger partial charge in [0.15, 0.2) is 11.5 Å². The van der Waals surface area contributed by atoms with Gasteiger partial charge in [-0.1, -0.05) is 48.5 Å². The van der Waals surface area contributed by atoms with Gasteiger partial charge in [-0.05, 0) is 54.4 Å². The van der Waals surface area contributed by atoms with Gasteiger partial charge in [0.05, 0.1) is 24.2 Å². The van der Waals surface area contributed by atoms with Gasteiger partial charge in [-0.15, -0.1) is 0 Å². The van der Waals surface area contributed by atoms with Crippen molar-refractivity contribution in [1.29, 1.82) is 0 Å². The normalized spacial score (nSPS) is 14.2. The number of furan rings is 1. The summed E-state index contributed by atoms with van der Waals surface area (Å²) in [6.45, 7) is 5.22. The van der Waals surface area contributed by atoms with Crippen molar-refractivity contribution in [3.05, 3.63) is 114 Å². The number of amides is 1. The molecule has 200 valence electrons. The molecule has 0 bridgehead atoms. The number of aryl methyl sites for hydroxylation is 1. The number of carbonyl (C=O) groups is 2. The molecule has 1 aliphatic rings. The molecule has 0 aliphatic carbocycles. The highest BCUT2D eigenvalue weighted by atomic mass is 16.3. The molecule has 1 saturated heterocycles. The lowest BCUT2D eigenvalue weighted by atomic mass is 9.92. The molecule has 1 aliphatic heterocycles. The number of carbonyl (C=O) groups excluding carboxylic acids is 2. The van der Waals surface area contributed by atoms with E-state index in [-0.39, 0.29) is 36.4 Å². The van der Waals surface area contributed by atoms with Gasteiger partial charge in [0.2, 0.25) is 0 Å². The van der Waals surface area contributed by atoms with E-state index in [1.54, 1.807) is 18.2 Å². The Hall–Kier alpha value is -4.36. The van der Waals surface area contributed by atoms with Crippen molar-refractivity contribution in [2.75, 3.05) is 47.9 Å². The largest absolute Gasteiger partial charge is 0.459 e. The summed E-state index contributed by atoms with van der Waals surface area (Å²) >= 11 is 0. The lowest BCUT2D eigenvalue weighted by Crippen LogP contribution is -2.47. The monoisotopic (exact) mass is 523 g/mol. The molecule has 2 N–H and O–H groups in total. The number of nitrogens with one attached hydrogen (secondary N) is 1. The minimum absolute atomic E-state index is 0.0951. The van der Waals surface area contributed by atoms with Crippen molar-refractivity contribution in [3.8, 4) is 0 Å². The number of benzene rings is 3. The SMILES string of the molecule is Cc1ccccc1N1CCN(c2ccc(C(=O)C[C@H](CO)c3ccccc3)cc2NC(=O)c2ccco2)CC1. The van der Waals surface area contributed by atoms with Crippen LogP contribution in [0.15, 0.2) is 95.6 Å². The highest BCUT2D eigenvalue weighted by Crippen LogP contribution is 2.32. The lowest BCUT2D eigenvalue weighted by molar-refractivity contribution is 0.0957. The number of rotatable bonds is 9. The van der Waals surface area contributed by atoms with Crippen molar-refractivity contribution in [2.45, 2.75) is 19.3 Å². The Morgan fingerprint density at radius 3 is 2.23 bits per heavy atom. The zero-order valence-electron chi connectivity index (χ0n) is 22.0. The fourth-order valence-electron chi connectivity index (χ4n) is 5.14. The number of Topliss-reactive ketones (excluding diaryl/α,β-unsaturated/α-hetero) is 1. The Morgan fingerprint density at radius 1 is 0.872 bits per heavy atom. The first-order valence-corrected chi connectivity index (χ1v) is 13.3. The van der Waals surface area contributed by atoms with Crippen molar-refractivity contribution < 1.29 is 19.1 Å². The summed E-state index contributed by atoms with van der Waals surface area (Å²) in [7, 11) is 0. The molecule has 39 heavy (non-hydrogen) atoms. The standard InChI is InChI=1S/C32H33N3O4/c1-23-8-5-6-11-28(23)34-15-17-35(18-16-34)29-14-13-25(20-27(29)33-32(38)31-12-7-19-39-31)30(37)21-26(22-36)24-9-3-2-4-10-24/h2-14,19-20,26,36H,15-18,21-22H2,1H3,(H,33,38)/t26-/m1/s1. The van der Waals surface area contributed by atoms with Gasteiger partial charge < -0.3 is 24.6 Å². The Bertz CT molecular complexity index is 1410. The second-order valence-electron chi connectivity index (χ2n) is 9.84. The van der Waals surface area contributed by atoms with Gasteiger partial charge in [-0.2, -0.15) is 0 Å². The predicted octanol–water partition coefficient (Wildman–Crippen LogP) is 5.52. The molecule has 0 spiro atoms. The van der Waals surface area contributed by atoms with Crippen LogP contribution >= 0.6 is 0 Å². The molecular weight excluding hydrogens is 490 g/mol. The van der Waals surface area contributed by atoms with E-state index in [0.29, 0.717) is 11.3 Å². The first-order valence-electron chi connectivity index (χ1n) is 13.3. The highest BCUT2D eigenvalue weighted by Gasteiger charge is 2.24. The number of nitrogens with zero attached hydrogens (tertiary/aromatic N) is 2. The summed E-state index contributed by atoms with van der Waals surface area (Å²) in [5, 5.41) is 12.9. The van der Waals surface area contributed by atoms with E-state index < -0.39 is 0 Å². The molecule has 7 heteroatoms. The van der Waals surface area contributed by atoms with Gasteiger partial charge in [-0.25, -0.2) is 0 Å². The minimum Gasteiger partial charge on any atom is -0.459 e. The maximum absolute atomic E-state index is 13.3. The van der Waals surface area contributed by atoms with Gasteiger partial charge in [0, 0.05) is 49.8 Å². The molecule has 0 unspecified atom stereocenters. The summed E-state index contributed by atoms with van der Waals surface area (Å²) in [6.07, 6.45) is 1.62. The Morgan fingerprint density at radius 2 is 1.56 bits per heavy atom. The maximum Gasteiger partial charge on any atom is 0.291 e. The first kappa shape index (κ1) is 26.3. The van der Waals surface area contributed by atoms with Crippen LogP contribution in [0.4, 0.5) is 17.1 Å². The third kappa shape index (κ3) is 6.04. The van der Waals surface area contributed by atoms with E-state index in [0.717, 1.165) is 37.4 Å². The second-order valence-corrected chi connectivity index (χ2v) is 9.84. The zero-order chi connectivity index (χ0) is 27.2. The van der Waals surface area contributed by atoms with E-state index in [9.17, 15) is 14.7 Å². The summed E-state index contributed by atoms with van der Waals surface area (Å²) in [6, 6.07) is 26.7. The van der Waals surface area contributed by atoms with E-state index >= 15 is 0 Å². The third-order valence-corrected chi connectivity index (χ3v) is 7.31. The topological polar surface area (TPSA) is 86.0 Å². The number of aliphatic hydroxyl groups excluding tert-OH is 1. The molecule has 1 amide bonds. The maximum atomic E-state index is 13.3. The molecular formula is C32H33N3O4. The average Bonchev–Trinajstić information content (AvgIpc) is 3.52. The average molecular weight is 524 g/mol. The minimum atomic E-state index is -0.373. The molecule has 3 aromatic carbocycles. The van der Waals surface area contributed by atoms with Crippen LogP contribution in [0.5, 0.6) is 0 Å². The number of hydrogen-bond donors (Lipinski definition) is 2. The highest BCUT2D eigenvalue weighted by molar-refractivity contribution is 6.06. The number of anilines is 3.